The van der Waals surface area contributed by atoms with E-state index in [-0.39, 0.29) is 5.76 Å². The molecule has 0 radical (unpaired) electrons. The van der Waals surface area contributed by atoms with Gasteiger partial charge in [0.25, 0.3) is 0 Å². The number of hydrogen-bond donors (Lipinski definition) is 0. The summed E-state index contributed by atoms with van der Waals surface area (Å²) in [4.78, 5) is 22.0. The number of hydrogen-bond acceptors (Lipinski definition) is 5. The summed E-state index contributed by atoms with van der Waals surface area (Å²) in [6.07, 6.45) is 0. The van der Waals surface area contributed by atoms with Crippen LogP contribution >= 0.6 is 0 Å². The molecule has 1 aromatic heterocycles. The first kappa shape index (κ1) is 13.5. The highest BCUT2D eigenvalue weighted by molar-refractivity contribution is 6.00. The van der Waals surface area contributed by atoms with E-state index in [1.807, 2.05) is 19.1 Å². The molecular formula is C14H10N2O4. The third kappa shape index (κ3) is 2.57. The SMILES string of the molecule is Cc1cccc(C(C#N)C(=O)c2ccc([N+](=O)[O-])o2)c1. The van der Waals surface area contributed by atoms with E-state index in [9.17, 15) is 20.2 Å². The second-order valence-corrected chi connectivity index (χ2v) is 4.24. The molecule has 20 heavy (non-hydrogen) atoms. The second-order valence-electron chi connectivity index (χ2n) is 4.24. The Morgan fingerprint density at radius 2 is 2.15 bits per heavy atom. The molecule has 2 rings (SSSR count). The van der Waals surface area contributed by atoms with Gasteiger partial charge in [0.05, 0.1) is 12.1 Å². The van der Waals surface area contributed by atoms with Crippen LogP contribution in [0.4, 0.5) is 5.88 Å². The highest BCUT2D eigenvalue weighted by Crippen LogP contribution is 2.24. The molecule has 2 aromatic rings. The van der Waals surface area contributed by atoms with Crippen molar-refractivity contribution in [2.24, 2.45) is 0 Å². The van der Waals surface area contributed by atoms with Crippen molar-refractivity contribution >= 4 is 11.7 Å². The lowest BCUT2D eigenvalue weighted by Crippen LogP contribution is -2.10. The number of aryl methyl sites for hydroxylation is 1. The van der Waals surface area contributed by atoms with Gasteiger partial charge in [0.15, 0.2) is 5.76 Å². The molecule has 1 heterocycles. The van der Waals surface area contributed by atoms with Gasteiger partial charge >= 0.3 is 5.88 Å². The predicted molar refractivity (Wildman–Crippen MR) is 69.2 cm³/mol. The number of carbonyl (C=O) groups is 1. The Kier molecular flexibility index (Phi) is 3.62. The summed E-state index contributed by atoms with van der Waals surface area (Å²) >= 11 is 0. The lowest BCUT2D eigenvalue weighted by Gasteiger charge is -2.07. The zero-order chi connectivity index (χ0) is 14.7. The van der Waals surface area contributed by atoms with Gasteiger partial charge < -0.3 is 4.42 Å². The quantitative estimate of drug-likeness (QED) is 0.483. The lowest BCUT2D eigenvalue weighted by atomic mass is 9.94. The number of nitriles is 1. The van der Waals surface area contributed by atoms with Crippen molar-refractivity contribution < 1.29 is 14.1 Å². The number of ketones is 1. The molecule has 0 aliphatic heterocycles. The van der Waals surface area contributed by atoms with Crippen LogP contribution < -0.4 is 0 Å². The van der Waals surface area contributed by atoms with E-state index in [0.717, 1.165) is 11.6 Å². The van der Waals surface area contributed by atoms with Gasteiger partial charge in [0.2, 0.25) is 5.78 Å². The van der Waals surface area contributed by atoms with Gasteiger partial charge in [-0.1, -0.05) is 29.8 Å². The molecule has 1 aromatic carbocycles. The molecule has 0 aliphatic rings. The van der Waals surface area contributed by atoms with Gasteiger partial charge in [-0.15, -0.1) is 0 Å². The average molecular weight is 270 g/mol. The molecule has 0 saturated carbocycles. The molecule has 0 bridgehead atoms. The van der Waals surface area contributed by atoms with Crippen molar-refractivity contribution in [1.82, 2.24) is 0 Å². The molecule has 0 amide bonds. The number of rotatable bonds is 4. The minimum absolute atomic E-state index is 0.190. The molecule has 6 nitrogen and oxygen atoms in total. The van der Waals surface area contributed by atoms with Gasteiger partial charge in [0, 0.05) is 0 Å². The van der Waals surface area contributed by atoms with Crippen molar-refractivity contribution in [1.29, 1.82) is 5.26 Å². The summed E-state index contributed by atoms with van der Waals surface area (Å²) in [5, 5.41) is 19.7. The predicted octanol–water partition coefficient (Wildman–Crippen LogP) is 2.99. The maximum absolute atomic E-state index is 12.2. The molecule has 0 spiro atoms. The van der Waals surface area contributed by atoms with Crippen LogP contribution in [0.5, 0.6) is 0 Å². The number of nitrogens with zero attached hydrogens (tertiary/aromatic N) is 2. The minimum Gasteiger partial charge on any atom is -0.397 e. The van der Waals surface area contributed by atoms with Gasteiger partial charge in [-0.05, 0) is 18.6 Å². The molecular weight excluding hydrogens is 260 g/mol. The summed E-state index contributed by atoms with van der Waals surface area (Å²) < 4.78 is 4.84. The number of nitro groups is 1. The molecule has 0 saturated heterocycles. The van der Waals surface area contributed by atoms with Crippen LogP contribution in [-0.2, 0) is 0 Å². The van der Waals surface area contributed by atoms with Gasteiger partial charge in [0.1, 0.15) is 10.8 Å². The fraction of sp³-hybridized carbons (Fsp3) is 0.143. The summed E-state index contributed by atoms with van der Waals surface area (Å²) in [5.74, 6) is -2.34. The Morgan fingerprint density at radius 1 is 1.40 bits per heavy atom. The first-order chi connectivity index (χ1) is 9.52. The number of benzene rings is 1. The zero-order valence-electron chi connectivity index (χ0n) is 10.6. The fourth-order valence-electron chi connectivity index (χ4n) is 1.83. The second kappa shape index (κ2) is 5.36. The largest absolute Gasteiger partial charge is 0.433 e. The van der Waals surface area contributed by atoms with Gasteiger partial charge in [-0.3, -0.25) is 14.9 Å². The number of furan rings is 1. The molecule has 6 heteroatoms. The first-order valence-corrected chi connectivity index (χ1v) is 5.77. The average Bonchev–Trinajstić information content (AvgIpc) is 2.89. The highest BCUT2D eigenvalue weighted by Gasteiger charge is 2.26. The highest BCUT2D eigenvalue weighted by atomic mass is 16.6. The molecule has 100 valence electrons. The van der Waals surface area contributed by atoms with E-state index in [2.05, 4.69) is 0 Å². The Balaban J connectivity index is 2.34. The zero-order valence-corrected chi connectivity index (χ0v) is 10.6. The van der Waals surface area contributed by atoms with Crippen LogP contribution in [-0.4, -0.2) is 10.7 Å². The van der Waals surface area contributed by atoms with Crippen molar-refractivity contribution in [3.63, 3.8) is 0 Å². The first-order valence-electron chi connectivity index (χ1n) is 5.77. The van der Waals surface area contributed by atoms with E-state index in [1.54, 1.807) is 18.2 Å². The van der Waals surface area contributed by atoms with E-state index < -0.39 is 22.5 Å². The molecule has 1 unspecified atom stereocenters. The van der Waals surface area contributed by atoms with Crippen LogP contribution in [0.15, 0.2) is 40.8 Å². The van der Waals surface area contributed by atoms with E-state index in [1.165, 1.54) is 6.07 Å². The van der Waals surface area contributed by atoms with Crippen molar-refractivity contribution in [2.45, 2.75) is 12.8 Å². The standard InChI is InChI=1S/C14H10N2O4/c1-9-3-2-4-10(7-9)11(8-15)14(17)12-5-6-13(20-12)16(18)19/h2-7,11H,1H3. The van der Waals surface area contributed by atoms with E-state index in [4.69, 9.17) is 4.42 Å². The fourth-order valence-corrected chi connectivity index (χ4v) is 1.83. The maximum atomic E-state index is 12.2. The summed E-state index contributed by atoms with van der Waals surface area (Å²) in [6.45, 7) is 1.85. The van der Waals surface area contributed by atoms with Gasteiger partial charge in [-0.2, -0.15) is 5.26 Å². The summed E-state index contributed by atoms with van der Waals surface area (Å²) in [5.41, 5.74) is 1.46. The Hall–Kier alpha value is -2.94. The van der Waals surface area contributed by atoms with Crippen LogP contribution in [0.1, 0.15) is 27.6 Å². The van der Waals surface area contributed by atoms with Crippen molar-refractivity contribution in [2.75, 3.05) is 0 Å². The summed E-state index contributed by atoms with van der Waals surface area (Å²) in [6, 6.07) is 11.2. The summed E-state index contributed by atoms with van der Waals surface area (Å²) in [7, 11) is 0. The van der Waals surface area contributed by atoms with Crippen molar-refractivity contribution in [3.05, 3.63) is 63.4 Å². The van der Waals surface area contributed by atoms with Crippen LogP contribution in [0, 0.1) is 28.4 Å². The normalized spacial score (nSPS) is 11.6. The number of Topliss-reactive ketones (excluding diaryl/α,β-unsaturated/α-hetero) is 1. The van der Waals surface area contributed by atoms with Gasteiger partial charge in [-0.25, -0.2) is 0 Å². The Morgan fingerprint density at radius 3 is 2.70 bits per heavy atom. The van der Waals surface area contributed by atoms with Crippen LogP contribution in [0.2, 0.25) is 0 Å². The van der Waals surface area contributed by atoms with E-state index >= 15 is 0 Å². The molecule has 0 N–H and O–H groups in total. The lowest BCUT2D eigenvalue weighted by molar-refractivity contribution is -0.402. The van der Waals surface area contributed by atoms with Crippen molar-refractivity contribution in [3.8, 4) is 6.07 Å². The minimum atomic E-state index is -1.04. The van der Waals surface area contributed by atoms with E-state index in [0.29, 0.717) is 5.56 Å². The smallest absolute Gasteiger partial charge is 0.397 e. The van der Waals surface area contributed by atoms with Crippen LogP contribution in [0.25, 0.3) is 0 Å². The van der Waals surface area contributed by atoms with Crippen LogP contribution in [0.3, 0.4) is 0 Å². The Bertz CT molecular complexity index is 712. The molecule has 0 aliphatic carbocycles. The molecule has 1 atom stereocenters. The topological polar surface area (TPSA) is 97.1 Å². The maximum Gasteiger partial charge on any atom is 0.433 e. The number of carbonyl (C=O) groups excluding carboxylic acids is 1. The Labute approximate surface area is 114 Å². The monoisotopic (exact) mass is 270 g/mol. The third-order valence-electron chi connectivity index (χ3n) is 2.78. The third-order valence-corrected chi connectivity index (χ3v) is 2.78. The molecule has 0 fully saturated rings.